The summed E-state index contributed by atoms with van der Waals surface area (Å²) in [7, 11) is 0. The lowest BCUT2D eigenvalue weighted by molar-refractivity contribution is -0.158. The number of rotatable bonds is 5. The Bertz CT molecular complexity index is 210. The summed E-state index contributed by atoms with van der Waals surface area (Å²) < 4.78 is 18.5. The van der Waals surface area contributed by atoms with Gasteiger partial charge in [0.2, 0.25) is 0 Å². The van der Waals surface area contributed by atoms with E-state index in [1.54, 1.807) is 0 Å². The highest BCUT2D eigenvalue weighted by Gasteiger charge is 2.42. The minimum atomic E-state index is -1.10. The number of hydrogen-bond acceptors (Lipinski definition) is 2. The van der Waals surface area contributed by atoms with E-state index < -0.39 is 12.3 Å². The fourth-order valence-electron chi connectivity index (χ4n) is 2.23. The maximum absolute atomic E-state index is 13.0. The predicted octanol–water partition coefficient (Wildman–Crippen LogP) is 2.90. The van der Waals surface area contributed by atoms with Crippen LogP contribution in [-0.2, 0) is 9.53 Å². The van der Waals surface area contributed by atoms with E-state index in [1.807, 2.05) is 13.8 Å². The fraction of sp³-hybridized carbons (Fsp3) is 0.917. The lowest BCUT2D eigenvalue weighted by Crippen LogP contribution is -2.48. The van der Waals surface area contributed by atoms with Gasteiger partial charge in [0.15, 0.2) is 11.4 Å². The first-order valence-electron chi connectivity index (χ1n) is 5.90. The van der Waals surface area contributed by atoms with E-state index in [0.29, 0.717) is 13.0 Å². The zero-order valence-electron chi connectivity index (χ0n) is 9.72. The Morgan fingerprint density at radius 1 is 1.53 bits per heavy atom. The second kappa shape index (κ2) is 5.59. The third kappa shape index (κ3) is 2.77. The van der Waals surface area contributed by atoms with E-state index in [4.69, 9.17) is 4.74 Å². The highest BCUT2D eigenvalue weighted by molar-refractivity contribution is 5.89. The molecule has 1 aliphatic rings. The highest BCUT2D eigenvalue weighted by Crippen LogP contribution is 2.30. The number of ketones is 1. The Labute approximate surface area is 91.2 Å². The molecule has 0 aromatic rings. The molecule has 1 rings (SSSR count). The van der Waals surface area contributed by atoms with Crippen molar-refractivity contribution in [3.8, 4) is 0 Å². The van der Waals surface area contributed by atoms with Crippen LogP contribution in [0.2, 0.25) is 0 Å². The SMILES string of the molecule is CCCC(C)C(=O)C1(CF)CCCCO1. The first-order chi connectivity index (χ1) is 7.16. The molecule has 2 nitrogen and oxygen atoms in total. The van der Waals surface area contributed by atoms with Gasteiger partial charge in [0, 0.05) is 12.5 Å². The van der Waals surface area contributed by atoms with Gasteiger partial charge in [-0.1, -0.05) is 20.3 Å². The molecule has 0 spiro atoms. The summed E-state index contributed by atoms with van der Waals surface area (Å²) in [6.07, 6.45) is 4.17. The summed E-state index contributed by atoms with van der Waals surface area (Å²) >= 11 is 0. The Morgan fingerprint density at radius 2 is 2.27 bits per heavy atom. The van der Waals surface area contributed by atoms with Gasteiger partial charge in [-0.2, -0.15) is 0 Å². The van der Waals surface area contributed by atoms with E-state index in [9.17, 15) is 9.18 Å². The monoisotopic (exact) mass is 216 g/mol. The van der Waals surface area contributed by atoms with Crippen molar-refractivity contribution in [2.45, 2.75) is 51.6 Å². The summed E-state index contributed by atoms with van der Waals surface area (Å²) in [5.41, 5.74) is -1.10. The molecule has 1 heterocycles. The summed E-state index contributed by atoms with van der Waals surface area (Å²) in [5, 5.41) is 0. The van der Waals surface area contributed by atoms with E-state index >= 15 is 0 Å². The van der Waals surface area contributed by atoms with Crippen molar-refractivity contribution in [3.05, 3.63) is 0 Å². The van der Waals surface area contributed by atoms with Crippen LogP contribution in [0, 0.1) is 5.92 Å². The summed E-state index contributed by atoms with van der Waals surface area (Å²) in [4.78, 5) is 12.1. The highest BCUT2D eigenvalue weighted by atomic mass is 19.1. The Hall–Kier alpha value is -0.440. The molecule has 0 aromatic heterocycles. The standard InChI is InChI=1S/C12H21FO2/c1-3-6-10(2)11(14)12(9-13)7-4-5-8-15-12/h10H,3-9H2,1-2H3. The van der Waals surface area contributed by atoms with E-state index in [0.717, 1.165) is 25.7 Å². The van der Waals surface area contributed by atoms with Crippen LogP contribution in [0.15, 0.2) is 0 Å². The topological polar surface area (TPSA) is 26.3 Å². The third-order valence-corrected chi connectivity index (χ3v) is 3.19. The Balaban J connectivity index is 2.67. The van der Waals surface area contributed by atoms with Crippen LogP contribution >= 0.6 is 0 Å². The zero-order valence-corrected chi connectivity index (χ0v) is 9.72. The molecule has 1 saturated heterocycles. The molecule has 88 valence electrons. The third-order valence-electron chi connectivity index (χ3n) is 3.19. The van der Waals surface area contributed by atoms with Gasteiger partial charge in [0.1, 0.15) is 6.67 Å². The van der Waals surface area contributed by atoms with Crippen molar-refractivity contribution in [2.75, 3.05) is 13.3 Å². The van der Waals surface area contributed by atoms with Crippen molar-refractivity contribution >= 4 is 5.78 Å². The van der Waals surface area contributed by atoms with E-state index in [2.05, 4.69) is 0 Å². The fourth-order valence-corrected chi connectivity index (χ4v) is 2.23. The molecule has 2 unspecified atom stereocenters. The number of carbonyl (C=O) groups is 1. The molecule has 0 aliphatic carbocycles. The largest absolute Gasteiger partial charge is 0.364 e. The minimum Gasteiger partial charge on any atom is -0.364 e. The summed E-state index contributed by atoms with van der Waals surface area (Å²) in [5.74, 6) is -0.115. The van der Waals surface area contributed by atoms with Gasteiger partial charge in [-0.15, -0.1) is 0 Å². The molecular formula is C12H21FO2. The average Bonchev–Trinajstić information content (AvgIpc) is 2.29. The van der Waals surface area contributed by atoms with Crippen LogP contribution in [0.1, 0.15) is 46.0 Å². The molecule has 0 radical (unpaired) electrons. The molecule has 1 aliphatic heterocycles. The second-order valence-electron chi connectivity index (χ2n) is 4.49. The quantitative estimate of drug-likeness (QED) is 0.706. The normalized spacial score (nSPS) is 28.7. The van der Waals surface area contributed by atoms with E-state index in [1.165, 1.54) is 0 Å². The van der Waals surface area contributed by atoms with Crippen LogP contribution in [0.25, 0.3) is 0 Å². The first-order valence-corrected chi connectivity index (χ1v) is 5.90. The van der Waals surface area contributed by atoms with Crippen LogP contribution in [0.3, 0.4) is 0 Å². The van der Waals surface area contributed by atoms with Gasteiger partial charge in [-0.3, -0.25) is 4.79 Å². The minimum absolute atomic E-state index is 0.0356. The number of alkyl halides is 1. The van der Waals surface area contributed by atoms with Gasteiger partial charge < -0.3 is 4.74 Å². The van der Waals surface area contributed by atoms with Crippen LogP contribution in [0.4, 0.5) is 4.39 Å². The molecule has 2 atom stereocenters. The molecule has 0 amide bonds. The average molecular weight is 216 g/mol. The Kier molecular flexibility index (Phi) is 4.71. The van der Waals surface area contributed by atoms with Crippen molar-refractivity contribution in [1.29, 1.82) is 0 Å². The van der Waals surface area contributed by atoms with Gasteiger partial charge >= 0.3 is 0 Å². The molecular weight excluding hydrogens is 195 g/mol. The molecule has 0 bridgehead atoms. The first kappa shape index (κ1) is 12.6. The number of carbonyl (C=O) groups excluding carboxylic acids is 1. The molecule has 15 heavy (non-hydrogen) atoms. The predicted molar refractivity (Wildman–Crippen MR) is 57.6 cm³/mol. The van der Waals surface area contributed by atoms with Gasteiger partial charge in [0.25, 0.3) is 0 Å². The number of Topliss-reactive ketones (excluding diaryl/α,β-unsaturated/α-hetero) is 1. The summed E-state index contributed by atoms with van der Waals surface area (Å²) in [6.45, 7) is 3.77. The molecule has 0 saturated carbocycles. The van der Waals surface area contributed by atoms with Crippen LogP contribution in [-0.4, -0.2) is 24.7 Å². The van der Waals surface area contributed by atoms with Crippen molar-refractivity contribution < 1.29 is 13.9 Å². The maximum atomic E-state index is 13.0. The second-order valence-corrected chi connectivity index (χ2v) is 4.49. The maximum Gasteiger partial charge on any atom is 0.170 e. The molecule has 3 heteroatoms. The molecule has 1 fully saturated rings. The van der Waals surface area contributed by atoms with Crippen LogP contribution in [0.5, 0.6) is 0 Å². The number of hydrogen-bond donors (Lipinski definition) is 0. The van der Waals surface area contributed by atoms with Crippen LogP contribution < -0.4 is 0 Å². The number of ether oxygens (including phenoxy) is 1. The molecule has 0 N–H and O–H groups in total. The lowest BCUT2D eigenvalue weighted by Gasteiger charge is -2.35. The van der Waals surface area contributed by atoms with E-state index in [-0.39, 0.29) is 11.7 Å². The van der Waals surface area contributed by atoms with Crippen molar-refractivity contribution in [3.63, 3.8) is 0 Å². The number of halogens is 1. The van der Waals surface area contributed by atoms with Crippen molar-refractivity contribution in [1.82, 2.24) is 0 Å². The van der Waals surface area contributed by atoms with Crippen molar-refractivity contribution in [2.24, 2.45) is 5.92 Å². The van der Waals surface area contributed by atoms with Gasteiger partial charge in [-0.05, 0) is 25.7 Å². The van der Waals surface area contributed by atoms with Gasteiger partial charge in [0.05, 0.1) is 0 Å². The zero-order chi connectivity index (χ0) is 11.3. The summed E-state index contributed by atoms with van der Waals surface area (Å²) in [6, 6.07) is 0. The molecule has 0 aromatic carbocycles. The smallest absolute Gasteiger partial charge is 0.170 e. The Morgan fingerprint density at radius 3 is 2.73 bits per heavy atom. The van der Waals surface area contributed by atoms with Gasteiger partial charge in [-0.25, -0.2) is 4.39 Å². The lowest BCUT2D eigenvalue weighted by atomic mass is 9.83.